The van der Waals surface area contributed by atoms with Gasteiger partial charge in [0.1, 0.15) is 30.5 Å². The Morgan fingerprint density at radius 1 is 1.31 bits per heavy atom. The Kier molecular flexibility index (Phi) is 8.60. The lowest BCUT2D eigenvalue weighted by Crippen LogP contribution is -2.21. The van der Waals surface area contributed by atoms with E-state index in [9.17, 15) is 18.0 Å². The number of ether oxygens (including phenoxy) is 1. The fourth-order valence-corrected chi connectivity index (χ4v) is 2.40. The van der Waals surface area contributed by atoms with Gasteiger partial charge in [0.25, 0.3) is 12.3 Å². The number of nitrogens with one attached hydrogen (secondary N) is 1. The number of aliphatic imine (C=N–C) groups is 1. The van der Waals surface area contributed by atoms with Gasteiger partial charge in [-0.1, -0.05) is 13.0 Å². The number of halogens is 3. The molecule has 3 N–H and O–H groups in total. The van der Waals surface area contributed by atoms with Crippen LogP contribution >= 0.6 is 0 Å². The van der Waals surface area contributed by atoms with Crippen LogP contribution in [-0.4, -0.2) is 42.9 Å². The highest BCUT2D eigenvalue weighted by Crippen LogP contribution is 2.16. The summed E-state index contributed by atoms with van der Waals surface area (Å²) in [5.74, 6) is -0.894. The van der Waals surface area contributed by atoms with Crippen molar-refractivity contribution in [3.63, 3.8) is 0 Å². The monoisotopic (exact) mass is 408 g/mol. The zero-order valence-electron chi connectivity index (χ0n) is 16.0. The summed E-state index contributed by atoms with van der Waals surface area (Å²) in [5, 5.41) is 2.68. The Balaban J connectivity index is 1.90. The molecule has 29 heavy (non-hydrogen) atoms. The number of amides is 1. The van der Waals surface area contributed by atoms with E-state index in [1.165, 1.54) is 18.2 Å². The molecular weight excluding hydrogens is 385 g/mol. The lowest BCUT2D eigenvalue weighted by Gasteiger charge is -2.09. The van der Waals surface area contributed by atoms with Crippen LogP contribution in [0, 0.1) is 5.82 Å². The molecule has 1 aromatic carbocycles. The van der Waals surface area contributed by atoms with Gasteiger partial charge in [-0.3, -0.25) is 14.8 Å². The van der Waals surface area contributed by atoms with Crippen LogP contribution < -0.4 is 11.1 Å². The molecule has 0 saturated carbocycles. The van der Waals surface area contributed by atoms with Crippen molar-refractivity contribution in [3.05, 3.63) is 59.2 Å². The maximum absolute atomic E-state index is 14.0. The quantitative estimate of drug-likeness (QED) is 0.359. The maximum atomic E-state index is 14.0. The van der Waals surface area contributed by atoms with Crippen molar-refractivity contribution in [2.75, 3.05) is 25.1 Å². The van der Waals surface area contributed by atoms with E-state index in [4.69, 9.17) is 10.5 Å². The number of amidine groups is 1. The lowest BCUT2D eigenvalue weighted by molar-refractivity contribution is 0.102. The van der Waals surface area contributed by atoms with E-state index in [2.05, 4.69) is 15.3 Å². The van der Waals surface area contributed by atoms with Crippen LogP contribution in [-0.2, 0) is 17.6 Å². The summed E-state index contributed by atoms with van der Waals surface area (Å²) in [6.07, 6.45) is 0.0994. The van der Waals surface area contributed by atoms with Crippen LogP contribution in [0.5, 0.6) is 0 Å². The standard InChI is InChI=1S/C20H23F3N4O2/c1-2-13-3-6-17(25-10-13)20(28)27-15-4-5-16(21)14(9-15)7-8-29-12-19(24)26-11-18(22)23/h3-6,9-10,18H,2,7-8,11-12H2,1H3,(H2,24,26)(H,27,28). The first-order chi connectivity index (χ1) is 13.9. The fraction of sp³-hybridized carbons (Fsp3) is 0.350. The van der Waals surface area contributed by atoms with E-state index in [1.54, 1.807) is 12.3 Å². The predicted octanol–water partition coefficient (Wildman–Crippen LogP) is 3.22. The summed E-state index contributed by atoms with van der Waals surface area (Å²) in [4.78, 5) is 19.9. The second kappa shape index (κ2) is 11.2. The number of benzene rings is 1. The zero-order valence-corrected chi connectivity index (χ0v) is 16.0. The van der Waals surface area contributed by atoms with Gasteiger partial charge >= 0.3 is 0 Å². The Hall–Kier alpha value is -2.94. The van der Waals surface area contributed by atoms with E-state index < -0.39 is 24.7 Å². The number of carbonyl (C=O) groups excluding carboxylic acids is 1. The minimum absolute atomic E-state index is 0.0478. The topological polar surface area (TPSA) is 89.6 Å². The van der Waals surface area contributed by atoms with Crippen molar-refractivity contribution in [2.24, 2.45) is 10.7 Å². The number of anilines is 1. The van der Waals surface area contributed by atoms with E-state index in [0.29, 0.717) is 11.3 Å². The lowest BCUT2D eigenvalue weighted by atomic mass is 10.1. The van der Waals surface area contributed by atoms with Crippen LogP contribution in [0.25, 0.3) is 0 Å². The highest BCUT2D eigenvalue weighted by atomic mass is 19.3. The van der Waals surface area contributed by atoms with Gasteiger partial charge in [-0.05, 0) is 48.2 Å². The maximum Gasteiger partial charge on any atom is 0.274 e. The van der Waals surface area contributed by atoms with Crippen LogP contribution in [0.4, 0.5) is 18.9 Å². The molecule has 2 aromatic rings. The number of aryl methyl sites for hydroxylation is 1. The SMILES string of the molecule is CCc1ccc(C(=O)Nc2ccc(F)c(CCOCC(N)=NCC(F)F)c2)nc1. The normalized spacial score (nSPS) is 11.7. The highest BCUT2D eigenvalue weighted by Gasteiger charge is 2.10. The summed E-state index contributed by atoms with van der Waals surface area (Å²) >= 11 is 0. The van der Waals surface area contributed by atoms with Gasteiger partial charge in [-0.2, -0.15) is 0 Å². The number of aromatic nitrogens is 1. The molecule has 6 nitrogen and oxygen atoms in total. The predicted molar refractivity (Wildman–Crippen MR) is 105 cm³/mol. The highest BCUT2D eigenvalue weighted by molar-refractivity contribution is 6.02. The van der Waals surface area contributed by atoms with Crippen LogP contribution in [0.3, 0.4) is 0 Å². The van der Waals surface area contributed by atoms with Crippen molar-refractivity contribution in [1.29, 1.82) is 0 Å². The third kappa shape index (κ3) is 7.53. The van der Waals surface area contributed by atoms with Crippen molar-refractivity contribution in [3.8, 4) is 0 Å². The molecule has 0 unspecified atom stereocenters. The number of nitrogens with two attached hydrogens (primary N) is 1. The van der Waals surface area contributed by atoms with Gasteiger partial charge in [0.15, 0.2) is 0 Å². The zero-order chi connectivity index (χ0) is 21.2. The number of alkyl halides is 2. The minimum atomic E-state index is -2.57. The molecule has 9 heteroatoms. The Morgan fingerprint density at radius 2 is 2.10 bits per heavy atom. The van der Waals surface area contributed by atoms with Crippen molar-refractivity contribution >= 4 is 17.4 Å². The van der Waals surface area contributed by atoms with Gasteiger partial charge in [0, 0.05) is 11.9 Å². The fourth-order valence-electron chi connectivity index (χ4n) is 2.40. The second-order valence-corrected chi connectivity index (χ2v) is 6.19. The number of carbonyl (C=O) groups is 1. The van der Waals surface area contributed by atoms with Gasteiger partial charge < -0.3 is 15.8 Å². The first kappa shape index (κ1) is 22.4. The average Bonchev–Trinajstić information content (AvgIpc) is 2.71. The summed E-state index contributed by atoms with van der Waals surface area (Å²) in [7, 11) is 0. The van der Waals surface area contributed by atoms with Gasteiger partial charge in [-0.25, -0.2) is 13.2 Å². The molecular formula is C20H23F3N4O2. The third-order valence-electron chi connectivity index (χ3n) is 3.97. The first-order valence-electron chi connectivity index (χ1n) is 9.08. The number of nitrogens with zero attached hydrogens (tertiary/aromatic N) is 2. The Morgan fingerprint density at radius 3 is 2.76 bits per heavy atom. The molecule has 1 heterocycles. The summed E-state index contributed by atoms with van der Waals surface area (Å²) in [5.41, 5.74) is 7.48. The van der Waals surface area contributed by atoms with Gasteiger partial charge in [0.2, 0.25) is 0 Å². The van der Waals surface area contributed by atoms with Crippen LogP contribution in [0.1, 0.15) is 28.5 Å². The van der Waals surface area contributed by atoms with Gasteiger partial charge in [-0.15, -0.1) is 0 Å². The minimum Gasteiger partial charge on any atom is -0.386 e. The molecule has 0 spiro atoms. The molecule has 1 amide bonds. The molecule has 0 atom stereocenters. The Bertz CT molecular complexity index is 842. The summed E-state index contributed by atoms with van der Waals surface area (Å²) in [6.45, 7) is 1.30. The molecule has 0 radical (unpaired) electrons. The molecule has 0 saturated heterocycles. The number of rotatable bonds is 10. The van der Waals surface area contributed by atoms with Crippen molar-refractivity contribution in [1.82, 2.24) is 4.98 Å². The molecule has 0 bridgehead atoms. The van der Waals surface area contributed by atoms with E-state index in [-0.39, 0.29) is 31.2 Å². The molecule has 1 aromatic heterocycles. The van der Waals surface area contributed by atoms with Crippen molar-refractivity contribution in [2.45, 2.75) is 26.2 Å². The molecule has 2 rings (SSSR count). The van der Waals surface area contributed by atoms with Crippen LogP contribution in [0.2, 0.25) is 0 Å². The molecule has 0 aliphatic heterocycles. The van der Waals surface area contributed by atoms with E-state index in [1.807, 2.05) is 13.0 Å². The summed E-state index contributed by atoms with van der Waals surface area (Å²) in [6, 6.07) is 7.66. The van der Waals surface area contributed by atoms with E-state index >= 15 is 0 Å². The molecule has 0 aliphatic carbocycles. The summed E-state index contributed by atoms with van der Waals surface area (Å²) < 4.78 is 43.3. The number of hydrogen-bond donors (Lipinski definition) is 2. The average molecular weight is 408 g/mol. The first-order valence-corrected chi connectivity index (χ1v) is 9.08. The third-order valence-corrected chi connectivity index (χ3v) is 3.97. The second-order valence-electron chi connectivity index (χ2n) is 6.19. The number of hydrogen-bond acceptors (Lipinski definition) is 4. The number of pyridine rings is 1. The van der Waals surface area contributed by atoms with Crippen molar-refractivity contribution < 1.29 is 22.7 Å². The van der Waals surface area contributed by atoms with E-state index in [0.717, 1.165) is 12.0 Å². The molecule has 0 aliphatic rings. The smallest absolute Gasteiger partial charge is 0.274 e. The largest absolute Gasteiger partial charge is 0.386 e. The van der Waals surface area contributed by atoms with Gasteiger partial charge in [0.05, 0.1) is 6.61 Å². The Labute approximate surface area is 167 Å². The molecule has 0 fully saturated rings. The van der Waals surface area contributed by atoms with Crippen LogP contribution in [0.15, 0.2) is 41.5 Å². The molecule has 156 valence electrons.